The lowest BCUT2D eigenvalue weighted by atomic mass is 9.85. The van der Waals surface area contributed by atoms with Crippen LogP contribution in [0.1, 0.15) is 18.2 Å². The monoisotopic (exact) mass is 381 g/mol. The van der Waals surface area contributed by atoms with Crippen LogP contribution in [0.4, 0.5) is 37.0 Å². The van der Waals surface area contributed by atoms with Crippen LogP contribution >= 0.6 is 0 Å². The van der Waals surface area contributed by atoms with E-state index in [1.807, 2.05) is 0 Å². The molecule has 0 aliphatic rings. The average molecular weight is 381 g/mol. The van der Waals surface area contributed by atoms with Gasteiger partial charge in [-0.3, -0.25) is 5.32 Å². The van der Waals surface area contributed by atoms with Crippen molar-refractivity contribution in [1.82, 2.24) is 9.78 Å². The normalized spacial score (nSPS) is 12.9. The van der Waals surface area contributed by atoms with E-state index in [4.69, 9.17) is 5.11 Å². The van der Waals surface area contributed by atoms with Gasteiger partial charge in [0.05, 0.1) is 11.4 Å². The third-order valence-corrected chi connectivity index (χ3v) is 3.87. The van der Waals surface area contributed by atoms with Gasteiger partial charge in [-0.05, 0) is 26.0 Å². The molecule has 0 fully saturated rings. The number of halogens is 6. The number of benzene rings is 1. The van der Waals surface area contributed by atoms with Crippen molar-refractivity contribution in [3.63, 3.8) is 0 Å². The van der Waals surface area contributed by atoms with Crippen LogP contribution in [0, 0.1) is 6.92 Å². The summed E-state index contributed by atoms with van der Waals surface area (Å²) in [5.41, 5.74) is -4.77. The van der Waals surface area contributed by atoms with Crippen molar-refractivity contribution in [2.75, 3.05) is 5.32 Å². The topological polar surface area (TPSA) is 67.2 Å². The predicted molar refractivity (Wildman–Crippen MR) is 79.4 cm³/mol. The summed E-state index contributed by atoms with van der Waals surface area (Å²) < 4.78 is 80.1. The quantitative estimate of drug-likeness (QED) is 0.761. The van der Waals surface area contributed by atoms with Crippen molar-refractivity contribution >= 4 is 11.9 Å². The Kier molecular flexibility index (Phi) is 4.69. The van der Waals surface area contributed by atoms with E-state index in [0.29, 0.717) is 10.7 Å². The van der Waals surface area contributed by atoms with E-state index in [-0.39, 0.29) is 12.6 Å². The molecule has 2 aromatic rings. The van der Waals surface area contributed by atoms with Crippen LogP contribution < -0.4 is 5.32 Å². The first kappa shape index (κ1) is 19.6. The molecular formula is C15H13F6N3O2. The van der Waals surface area contributed by atoms with Gasteiger partial charge in [-0.1, -0.05) is 17.7 Å². The van der Waals surface area contributed by atoms with E-state index in [1.54, 1.807) is 24.4 Å². The summed E-state index contributed by atoms with van der Waals surface area (Å²) in [5, 5.41) is 14.0. The Morgan fingerprint density at radius 2 is 1.58 bits per heavy atom. The molecule has 0 spiro atoms. The number of aromatic nitrogens is 2. The largest absolute Gasteiger partial charge is 0.465 e. The number of alkyl halides is 6. The summed E-state index contributed by atoms with van der Waals surface area (Å²) in [7, 11) is 0. The predicted octanol–water partition coefficient (Wildman–Crippen LogP) is 4.65. The molecule has 0 aliphatic heterocycles. The van der Waals surface area contributed by atoms with Gasteiger partial charge < -0.3 is 5.11 Å². The highest BCUT2D eigenvalue weighted by Crippen LogP contribution is 2.51. The summed E-state index contributed by atoms with van der Waals surface area (Å²) >= 11 is 0. The molecule has 0 saturated carbocycles. The highest BCUT2D eigenvalue weighted by Gasteiger charge is 2.70. The van der Waals surface area contributed by atoms with Gasteiger partial charge in [-0.15, -0.1) is 0 Å². The molecule has 5 nitrogen and oxygen atoms in total. The van der Waals surface area contributed by atoms with Crippen LogP contribution in [0.25, 0.3) is 5.69 Å². The Morgan fingerprint density at radius 1 is 1.08 bits per heavy atom. The summed E-state index contributed by atoms with van der Waals surface area (Å²) in [6, 6.07) is 6.30. The van der Waals surface area contributed by atoms with E-state index in [0.717, 1.165) is 5.56 Å². The molecule has 2 N–H and O–H groups in total. The minimum absolute atomic E-state index is 0.0423. The van der Waals surface area contributed by atoms with Crippen molar-refractivity contribution < 1.29 is 36.2 Å². The Hall–Kier alpha value is -2.72. The summed E-state index contributed by atoms with van der Waals surface area (Å²) in [5.74, 6) is -0.545. The minimum Gasteiger partial charge on any atom is -0.465 e. The van der Waals surface area contributed by atoms with E-state index >= 15 is 0 Å². The molecule has 1 aromatic carbocycles. The number of hydrogen-bond donors (Lipinski definition) is 2. The second-order valence-electron chi connectivity index (χ2n) is 5.71. The zero-order valence-corrected chi connectivity index (χ0v) is 13.4. The Balaban J connectivity index is 2.71. The molecule has 11 heteroatoms. The molecule has 0 bridgehead atoms. The molecule has 1 heterocycles. The SMILES string of the molecule is Cc1ccc(-n2nc(C(C)(C(F)(F)F)C(F)(F)F)cc2NC(=O)O)cc1. The standard InChI is InChI=1S/C15H13F6N3O2/c1-8-3-5-9(6-4-8)24-11(22-12(25)26)7-10(23-24)13(2,14(16,17)18)15(19,20)21/h3-7,22H,1-2H3,(H,25,26). The molecule has 0 radical (unpaired) electrons. The first-order chi connectivity index (χ1) is 11.8. The lowest BCUT2D eigenvalue weighted by Crippen LogP contribution is -2.51. The van der Waals surface area contributed by atoms with Crippen LogP contribution in [0.5, 0.6) is 0 Å². The molecule has 0 saturated heterocycles. The van der Waals surface area contributed by atoms with Crippen LogP contribution in [0.2, 0.25) is 0 Å². The number of anilines is 1. The fourth-order valence-electron chi connectivity index (χ4n) is 2.16. The third kappa shape index (κ3) is 3.33. The number of aryl methyl sites for hydroxylation is 1. The number of amides is 1. The van der Waals surface area contributed by atoms with E-state index < -0.39 is 35.4 Å². The van der Waals surface area contributed by atoms with Crippen LogP contribution in [0.15, 0.2) is 30.3 Å². The molecule has 1 aromatic heterocycles. The third-order valence-electron chi connectivity index (χ3n) is 3.87. The lowest BCUT2D eigenvalue weighted by Gasteiger charge is -2.32. The Labute approximate surface area is 143 Å². The highest BCUT2D eigenvalue weighted by atomic mass is 19.4. The lowest BCUT2D eigenvalue weighted by molar-refractivity contribution is -0.298. The number of nitrogens with one attached hydrogen (secondary N) is 1. The smallest absolute Gasteiger partial charge is 0.410 e. The molecule has 1 amide bonds. The first-order valence-electron chi connectivity index (χ1n) is 7.08. The summed E-state index contributed by atoms with van der Waals surface area (Å²) in [6.45, 7) is 1.68. The van der Waals surface area contributed by atoms with Gasteiger partial charge in [-0.2, -0.15) is 31.4 Å². The first-order valence-corrected chi connectivity index (χ1v) is 7.08. The van der Waals surface area contributed by atoms with Gasteiger partial charge in [0.15, 0.2) is 0 Å². The van der Waals surface area contributed by atoms with Gasteiger partial charge in [-0.25, -0.2) is 9.48 Å². The number of carbonyl (C=O) groups is 1. The van der Waals surface area contributed by atoms with Crippen LogP contribution in [-0.4, -0.2) is 33.3 Å². The molecule has 0 aliphatic carbocycles. The van der Waals surface area contributed by atoms with E-state index in [9.17, 15) is 31.1 Å². The molecule has 0 unspecified atom stereocenters. The number of rotatable bonds is 3. The Morgan fingerprint density at radius 3 is 2.00 bits per heavy atom. The number of carboxylic acid groups (broad SMARTS) is 1. The van der Waals surface area contributed by atoms with E-state index in [1.165, 1.54) is 12.1 Å². The summed E-state index contributed by atoms with van der Waals surface area (Å²) in [4.78, 5) is 10.9. The van der Waals surface area contributed by atoms with Crippen LogP contribution in [-0.2, 0) is 5.41 Å². The van der Waals surface area contributed by atoms with Crippen molar-refractivity contribution in [3.8, 4) is 5.69 Å². The van der Waals surface area contributed by atoms with Crippen molar-refractivity contribution in [2.45, 2.75) is 31.6 Å². The molecule has 142 valence electrons. The average Bonchev–Trinajstić information content (AvgIpc) is 2.88. The minimum atomic E-state index is -5.70. The van der Waals surface area contributed by atoms with Gasteiger partial charge in [0.25, 0.3) is 0 Å². The molecular weight excluding hydrogens is 368 g/mol. The van der Waals surface area contributed by atoms with Gasteiger partial charge >= 0.3 is 18.4 Å². The maximum Gasteiger partial charge on any atom is 0.410 e. The highest BCUT2D eigenvalue weighted by molar-refractivity contribution is 5.82. The maximum absolute atomic E-state index is 13.2. The molecule has 0 atom stereocenters. The molecule has 2 rings (SSSR count). The van der Waals surface area contributed by atoms with Crippen molar-refractivity contribution in [1.29, 1.82) is 0 Å². The molecule has 26 heavy (non-hydrogen) atoms. The van der Waals surface area contributed by atoms with Gasteiger partial charge in [0.2, 0.25) is 5.41 Å². The Bertz CT molecular complexity index is 794. The van der Waals surface area contributed by atoms with E-state index in [2.05, 4.69) is 5.10 Å². The second-order valence-corrected chi connectivity index (χ2v) is 5.71. The van der Waals surface area contributed by atoms with Crippen LogP contribution in [0.3, 0.4) is 0 Å². The fourth-order valence-corrected chi connectivity index (χ4v) is 2.16. The zero-order valence-electron chi connectivity index (χ0n) is 13.4. The van der Waals surface area contributed by atoms with Gasteiger partial charge in [0, 0.05) is 6.07 Å². The maximum atomic E-state index is 13.2. The van der Waals surface area contributed by atoms with Crippen molar-refractivity contribution in [2.24, 2.45) is 0 Å². The number of hydrogen-bond acceptors (Lipinski definition) is 2. The second kappa shape index (κ2) is 6.22. The fraction of sp³-hybridized carbons (Fsp3) is 0.333. The van der Waals surface area contributed by atoms with Gasteiger partial charge in [0.1, 0.15) is 5.82 Å². The summed E-state index contributed by atoms with van der Waals surface area (Å²) in [6.07, 6.45) is -13.1. The number of nitrogens with zero attached hydrogens (tertiary/aromatic N) is 2. The zero-order chi connectivity index (χ0) is 19.9. The van der Waals surface area contributed by atoms with Crippen molar-refractivity contribution in [3.05, 3.63) is 41.6 Å².